The second kappa shape index (κ2) is 5.83. The first-order valence-corrected chi connectivity index (χ1v) is 7.40. The van der Waals surface area contributed by atoms with Gasteiger partial charge >= 0.3 is 6.03 Å². The van der Waals surface area contributed by atoms with Crippen molar-refractivity contribution >= 4 is 22.5 Å². The molecule has 2 amide bonds. The highest BCUT2D eigenvalue weighted by Gasteiger charge is 2.32. The van der Waals surface area contributed by atoms with Crippen LogP contribution in [0.15, 0.2) is 0 Å². The molecule has 2 rings (SSSR count). The molecule has 1 aromatic heterocycles. The number of rotatable bonds is 3. The van der Waals surface area contributed by atoms with E-state index in [2.05, 4.69) is 22.4 Å². The summed E-state index contributed by atoms with van der Waals surface area (Å²) in [7, 11) is 0. The van der Waals surface area contributed by atoms with Crippen molar-refractivity contribution in [2.75, 3.05) is 25.0 Å². The smallest absolute Gasteiger partial charge is 0.323 e. The lowest BCUT2D eigenvalue weighted by atomic mass is 10.0. The maximum atomic E-state index is 12.2. The second-order valence-electron chi connectivity index (χ2n) is 4.86. The van der Waals surface area contributed by atoms with E-state index >= 15 is 0 Å². The number of aryl methyl sites for hydroxylation is 1. The molecule has 0 radical (unpaired) electrons. The molecule has 1 aliphatic rings. The molecule has 1 unspecified atom stereocenters. The van der Waals surface area contributed by atoms with E-state index in [0.29, 0.717) is 24.8 Å². The molecule has 1 aromatic rings. The van der Waals surface area contributed by atoms with Crippen molar-refractivity contribution in [2.24, 2.45) is 0 Å². The van der Waals surface area contributed by atoms with E-state index in [-0.39, 0.29) is 11.6 Å². The molecule has 106 valence electrons. The third-order valence-corrected chi connectivity index (χ3v) is 4.34. The van der Waals surface area contributed by atoms with Gasteiger partial charge in [-0.15, -0.1) is 10.2 Å². The molecule has 0 saturated carbocycles. The van der Waals surface area contributed by atoms with Gasteiger partial charge in [-0.3, -0.25) is 5.32 Å². The highest BCUT2D eigenvalue weighted by atomic mass is 32.1. The van der Waals surface area contributed by atoms with E-state index in [4.69, 9.17) is 4.74 Å². The first-order chi connectivity index (χ1) is 9.06. The summed E-state index contributed by atoms with van der Waals surface area (Å²) in [6.45, 7) is 7.91. The summed E-state index contributed by atoms with van der Waals surface area (Å²) >= 11 is 1.42. The topological polar surface area (TPSA) is 67.4 Å². The van der Waals surface area contributed by atoms with Crippen LogP contribution in [0.4, 0.5) is 9.93 Å². The molecule has 7 heteroatoms. The number of morpholine rings is 1. The van der Waals surface area contributed by atoms with Gasteiger partial charge in [0.15, 0.2) is 0 Å². The number of hydrogen-bond acceptors (Lipinski definition) is 5. The molecule has 0 aromatic carbocycles. The van der Waals surface area contributed by atoms with E-state index in [9.17, 15) is 4.79 Å². The Morgan fingerprint density at radius 1 is 1.53 bits per heavy atom. The second-order valence-corrected chi connectivity index (χ2v) is 5.92. The van der Waals surface area contributed by atoms with Gasteiger partial charge in [0.25, 0.3) is 0 Å². The van der Waals surface area contributed by atoms with Crippen LogP contribution >= 0.6 is 11.3 Å². The van der Waals surface area contributed by atoms with Crippen LogP contribution in [-0.4, -0.2) is 46.4 Å². The van der Waals surface area contributed by atoms with Gasteiger partial charge in [-0.2, -0.15) is 0 Å². The number of urea groups is 1. The zero-order valence-corrected chi connectivity index (χ0v) is 12.4. The summed E-state index contributed by atoms with van der Waals surface area (Å²) in [6, 6.07) is -0.123. The third-order valence-electron chi connectivity index (χ3n) is 3.36. The van der Waals surface area contributed by atoms with E-state index < -0.39 is 0 Å². The van der Waals surface area contributed by atoms with Crippen LogP contribution in [0.1, 0.15) is 32.2 Å². The number of carbonyl (C=O) groups is 1. The van der Waals surface area contributed by atoms with Gasteiger partial charge in [0, 0.05) is 6.54 Å². The fourth-order valence-corrected chi connectivity index (χ4v) is 2.60. The zero-order valence-electron chi connectivity index (χ0n) is 11.6. The van der Waals surface area contributed by atoms with Crippen LogP contribution < -0.4 is 5.32 Å². The van der Waals surface area contributed by atoms with Gasteiger partial charge < -0.3 is 9.64 Å². The Labute approximate surface area is 117 Å². The number of carbonyl (C=O) groups excluding carboxylic acids is 1. The molecular formula is C12H20N4O2S. The highest BCUT2D eigenvalue weighted by Crippen LogP contribution is 2.22. The fourth-order valence-electron chi connectivity index (χ4n) is 1.94. The summed E-state index contributed by atoms with van der Waals surface area (Å²) in [5.41, 5.74) is -0.245. The Hall–Kier alpha value is -1.21. The SMILES string of the molecule is CCc1nnc(NC(=O)N2CCOC(C)(CC)C2)s1. The average molecular weight is 284 g/mol. The van der Waals surface area contributed by atoms with Crippen molar-refractivity contribution in [3.05, 3.63) is 5.01 Å². The quantitative estimate of drug-likeness (QED) is 0.923. The van der Waals surface area contributed by atoms with Crippen LogP contribution in [0.25, 0.3) is 0 Å². The lowest BCUT2D eigenvalue weighted by Crippen LogP contribution is -2.53. The summed E-state index contributed by atoms with van der Waals surface area (Å²) in [6.07, 6.45) is 1.72. The summed E-state index contributed by atoms with van der Waals surface area (Å²) in [5.74, 6) is 0. The number of aromatic nitrogens is 2. The Morgan fingerprint density at radius 2 is 2.32 bits per heavy atom. The molecule has 1 N–H and O–H groups in total. The molecule has 1 fully saturated rings. The molecule has 6 nitrogen and oxygen atoms in total. The Morgan fingerprint density at radius 3 is 2.95 bits per heavy atom. The number of ether oxygens (including phenoxy) is 1. The molecule has 19 heavy (non-hydrogen) atoms. The molecule has 0 aliphatic carbocycles. The van der Waals surface area contributed by atoms with Crippen molar-refractivity contribution in [1.29, 1.82) is 0 Å². The van der Waals surface area contributed by atoms with Gasteiger partial charge in [0.1, 0.15) is 5.01 Å². The molecule has 1 atom stereocenters. The molecule has 0 bridgehead atoms. The first-order valence-electron chi connectivity index (χ1n) is 6.58. The van der Waals surface area contributed by atoms with E-state index in [1.54, 1.807) is 4.90 Å². The molecule has 1 saturated heterocycles. The van der Waals surface area contributed by atoms with Crippen molar-refractivity contribution in [3.8, 4) is 0 Å². The van der Waals surface area contributed by atoms with Crippen molar-refractivity contribution < 1.29 is 9.53 Å². The number of amides is 2. The number of hydrogen-bond donors (Lipinski definition) is 1. The minimum atomic E-state index is -0.245. The van der Waals surface area contributed by atoms with Crippen molar-refractivity contribution in [3.63, 3.8) is 0 Å². The van der Waals surface area contributed by atoms with Crippen LogP contribution in [0.5, 0.6) is 0 Å². The normalized spacial score (nSPS) is 23.4. The third kappa shape index (κ3) is 3.42. The number of anilines is 1. The Bertz CT molecular complexity index is 451. The minimum Gasteiger partial charge on any atom is -0.372 e. The lowest BCUT2D eigenvalue weighted by Gasteiger charge is -2.39. The minimum absolute atomic E-state index is 0.123. The van der Waals surface area contributed by atoms with E-state index in [1.165, 1.54) is 11.3 Å². The van der Waals surface area contributed by atoms with Crippen LogP contribution in [0, 0.1) is 0 Å². The van der Waals surface area contributed by atoms with Gasteiger partial charge in [-0.1, -0.05) is 25.2 Å². The molecular weight excluding hydrogens is 264 g/mol. The van der Waals surface area contributed by atoms with Gasteiger partial charge in [-0.25, -0.2) is 4.79 Å². The van der Waals surface area contributed by atoms with E-state index in [1.807, 2.05) is 13.8 Å². The first kappa shape index (κ1) is 14.2. The van der Waals surface area contributed by atoms with Crippen LogP contribution in [0.3, 0.4) is 0 Å². The van der Waals surface area contributed by atoms with Crippen molar-refractivity contribution in [1.82, 2.24) is 15.1 Å². The zero-order chi connectivity index (χ0) is 13.9. The average Bonchev–Trinajstić information content (AvgIpc) is 2.86. The molecule has 0 spiro atoms. The maximum absolute atomic E-state index is 12.2. The van der Waals surface area contributed by atoms with Crippen LogP contribution in [-0.2, 0) is 11.2 Å². The van der Waals surface area contributed by atoms with Crippen LogP contribution in [0.2, 0.25) is 0 Å². The predicted octanol–water partition coefficient (Wildman–Crippen LogP) is 2.13. The molecule has 1 aliphatic heterocycles. The lowest BCUT2D eigenvalue weighted by molar-refractivity contribution is -0.0860. The fraction of sp³-hybridized carbons (Fsp3) is 0.750. The maximum Gasteiger partial charge on any atom is 0.323 e. The Kier molecular flexibility index (Phi) is 4.36. The van der Waals surface area contributed by atoms with E-state index in [0.717, 1.165) is 17.8 Å². The number of nitrogens with one attached hydrogen (secondary N) is 1. The van der Waals surface area contributed by atoms with Gasteiger partial charge in [0.2, 0.25) is 5.13 Å². The summed E-state index contributed by atoms with van der Waals surface area (Å²) in [5, 5.41) is 12.2. The largest absolute Gasteiger partial charge is 0.372 e. The summed E-state index contributed by atoms with van der Waals surface area (Å²) in [4.78, 5) is 13.9. The summed E-state index contributed by atoms with van der Waals surface area (Å²) < 4.78 is 5.72. The van der Waals surface area contributed by atoms with Gasteiger partial charge in [-0.05, 0) is 19.8 Å². The molecule has 2 heterocycles. The highest BCUT2D eigenvalue weighted by molar-refractivity contribution is 7.15. The predicted molar refractivity (Wildman–Crippen MR) is 74.5 cm³/mol. The number of nitrogens with zero attached hydrogens (tertiary/aromatic N) is 3. The van der Waals surface area contributed by atoms with Crippen molar-refractivity contribution in [2.45, 2.75) is 39.2 Å². The van der Waals surface area contributed by atoms with Gasteiger partial charge in [0.05, 0.1) is 18.8 Å². The monoisotopic (exact) mass is 284 g/mol. The standard InChI is InChI=1S/C12H20N4O2S/c1-4-9-14-15-10(19-9)13-11(17)16-6-7-18-12(3,5-2)8-16/h4-8H2,1-3H3,(H,13,15,17). The Balaban J connectivity index is 1.96.